The van der Waals surface area contributed by atoms with Crippen molar-refractivity contribution in [3.05, 3.63) is 35.1 Å². The Balaban J connectivity index is 1.97. The highest BCUT2D eigenvalue weighted by molar-refractivity contribution is 7.88. The molecule has 1 aromatic carbocycles. The van der Waals surface area contributed by atoms with Crippen molar-refractivity contribution in [2.75, 3.05) is 19.3 Å². The Kier molecular flexibility index (Phi) is 4.76. The highest BCUT2D eigenvalue weighted by atomic mass is 32.2. The fraction of sp³-hybridized carbons (Fsp3) is 0.462. The molecule has 1 fully saturated rings. The summed E-state index contributed by atoms with van der Waals surface area (Å²) in [6, 6.07) is 1.42. The molecule has 0 atom stereocenters. The Labute approximate surface area is 126 Å². The van der Waals surface area contributed by atoms with Crippen molar-refractivity contribution >= 4 is 15.9 Å². The summed E-state index contributed by atoms with van der Waals surface area (Å²) in [5.41, 5.74) is -0.628. The van der Waals surface area contributed by atoms with Gasteiger partial charge in [-0.15, -0.1) is 0 Å². The summed E-state index contributed by atoms with van der Waals surface area (Å²) in [6.07, 6.45) is 2.60. The topological polar surface area (TPSA) is 66.5 Å². The van der Waals surface area contributed by atoms with Crippen molar-refractivity contribution in [2.45, 2.75) is 18.9 Å². The second-order valence-corrected chi connectivity index (χ2v) is 7.02. The van der Waals surface area contributed by atoms with Gasteiger partial charge in [-0.1, -0.05) is 0 Å². The zero-order valence-corrected chi connectivity index (χ0v) is 12.6. The van der Waals surface area contributed by atoms with Gasteiger partial charge < -0.3 is 5.32 Å². The van der Waals surface area contributed by atoms with Gasteiger partial charge in [0.1, 0.15) is 0 Å². The zero-order valence-electron chi connectivity index (χ0n) is 11.8. The molecule has 0 unspecified atom stereocenters. The first-order valence-corrected chi connectivity index (χ1v) is 8.45. The molecular formula is C13H15F3N2O3S. The Morgan fingerprint density at radius 3 is 2.45 bits per heavy atom. The maximum absolute atomic E-state index is 13.4. The summed E-state index contributed by atoms with van der Waals surface area (Å²) in [4.78, 5) is 11.7. The van der Waals surface area contributed by atoms with Gasteiger partial charge in [-0.05, 0) is 25.0 Å². The van der Waals surface area contributed by atoms with Crippen molar-refractivity contribution < 1.29 is 26.4 Å². The number of carbonyl (C=O) groups excluding carboxylic acids is 1. The number of amides is 1. The average molecular weight is 336 g/mol. The molecular weight excluding hydrogens is 321 g/mol. The van der Waals surface area contributed by atoms with E-state index in [4.69, 9.17) is 0 Å². The predicted octanol–water partition coefficient (Wildman–Crippen LogP) is 1.26. The smallest absolute Gasteiger partial charge is 0.254 e. The molecule has 0 heterocycles. The largest absolute Gasteiger partial charge is 0.351 e. The van der Waals surface area contributed by atoms with E-state index in [1.165, 1.54) is 4.31 Å². The molecule has 2 rings (SSSR count). The van der Waals surface area contributed by atoms with Crippen LogP contribution in [0.4, 0.5) is 13.2 Å². The fourth-order valence-electron chi connectivity index (χ4n) is 2.06. The molecule has 0 spiro atoms. The van der Waals surface area contributed by atoms with Gasteiger partial charge in [0.05, 0.1) is 11.8 Å². The summed E-state index contributed by atoms with van der Waals surface area (Å²) in [6.45, 7) is -0.0125. The molecule has 1 aliphatic carbocycles. The van der Waals surface area contributed by atoms with E-state index in [-0.39, 0.29) is 19.1 Å². The third kappa shape index (κ3) is 3.77. The van der Waals surface area contributed by atoms with Crippen molar-refractivity contribution in [1.29, 1.82) is 0 Å². The minimum atomic E-state index is -3.39. The Hall–Kier alpha value is -1.61. The lowest BCUT2D eigenvalue weighted by atomic mass is 10.2. The van der Waals surface area contributed by atoms with Gasteiger partial charge in [0.25, 0.3) is 5.91 Å². The molecule has 1 aliphatic rings. The maximum Gasteiger partial charge on any atom is 0.254 e. The number of halogens is 3. The van der Waals surface area contributed by atoms with Gasteiger partial charge in [-0.2, -0.15) is 4.31 Å². The molecule has 0 radical (unpaired) electrons. The van der Waals surface area contributed by atoms with E-state index in [1.807, 2.05) is 0 Å². The Morgan fingerprint density at radius 2 is 1.91 bits per heavy atom. The highest BCUT2D eigenvalue weighted by Crippen LogP contribution is 2.28. The molecule has 9 heteroatoms. The van der Waals surface area contributed by atoms with Crippen LogP contribution in [0.1, 0.15) is 23.2 Å². The molecule has 1 N–H and O–H groups in total. The van der Waals surface area contributed by atoms with Crippen LogP contribution in [-0.4, -0.2) is 44.0 Å². The number of rotatable bonds is 6. The SMILES string of the molecule is CS(=O)(=O)N(CCNC(=O)c1ccc(F)c(F)c1F)C1CC1. The summed E-state index contributed by atoms with van der Waals surface area (Å²) in [7, 11) is -3.39. The summed E-state index contributed by atoms with van der Waals surface area (Å²) < 4.78 is 63.7. The molecule has 5 nitrogen and oxygen atoms in total. The van der Waals surface area contributed by atoms with Gasteiger partial charge in [-0.25, -0.2) is 21.6 Å². The Morgan fingerprint density at radius 1 is 1.27 bits per heavy atom. The molecule has 0 saturated heterocycles. The quantitative estimate of drug-likeness (QED) is 0.796. The van der Waals surface area contributed by atoms with E-state index in [1.54, 1.807) is 0 Å². The number of nitrogens with one attached hydrogen (secondary N) is 1. The molecule has 122 valence electrons. The van der Waals surface area contributed by atoms with Crippen molar-refractivity contribution in [3.63, 3.8) is 0 Å². The van der Waals surface area contributed by atoms with Crippen LogP contribution < -0.4 is 5.32 Å². The van der Waals surface area contributed by atoms with Crippen LogP contribution >= 0.6 is 0 Å². The van der Waals surface area contributed by atoms with E-state index in [2.05, 4.69) is 5.32 Å². The Bertz CT molecular complexity index is 690. The highest BCUT2D eigenvalue weighted by Gasteiger charge is 2.34. The van der Waals surface area contributed by atoms with Gasteiger partial charge in [-0.3, -0.25) is 4.79 Å². The lowest BCUT2D eigenvalue weighted by Gasteiger charge is -2.19. The molecule has 22 heavy (non-hydrogen) atoms. The first-order chi connectivity index (χ1) is 10.2. The average Bonchev–Trinajstić information content (AvgIpc) is 3.23. The van der Waals surface area contributed by atoms with Gasteiger partial charge in [0.15, 0.2) is 17.5 Å². The van der Waals surface area contributed by atoms with Gasteiger partial charge >= 0.3 is 0 Å². The number of hydrogen-bond donors (Lipinski definition) is 1. The fourth-order valence-corrected chi connectivity index (χ4v) is 3.23. The third-order valence-corrected chi connectivity index (χ3v) is 4.61. The van der Waals surface area contributed by atoms with Crippen molar-refractivity contribution in [1.82, 2.24) is 9.62 Å². The molecule has 1 aromatic rings. The second-order valence-electron chi connectivity index (χ2n) is 5.08. The van der Waals surface area contributed by atoms with Crippen molar-refractivity contribution in [2.24, 2.45) is 0 Å². The number of carbonyl (C=O) groups is 1. The summed E-state index contributed by atoms with van der Waals surface area (Å²) in [5.74, 6) is -5.60. The maximum atomic E-state index is 13.4. The normalized spacial score (nSPS) is 15.1. The van der Waals surface area contributed by atoms with Crippen LogP contribution in [0, 0.1) is 17.5 Å². The summed E-state index contributed by atoms with van der Waals surface area (Å²) in [5, 5.41) is 2.30. The van der Waals surface area contributed by atoms with Gasteiger partial charge in [0.2, 0.25) is 10.0 Å². The molecule has 0 aliphatic heterocycles. The predicted molar refractivity (Wildman–Crippen MR) is 73.2 cm³/mol. The van der Waals surface area contributed by atoms with Gasteiger partial charge in [0, 0.05) is 19.1 Å². The lowest BCUT2D eigenvalue weighted by Crippen LogP contribution is -2.39. The number of sulfonamides is 1. The first-order valence-electron chi connectivity index (χ1n) is 6.60. The van der Waals surface area contributed by atoms with Crippen LogP contribution in [-0.2, 0) is 10.0 Å². The molecule has 1 saturated carbocycles. The monoisotopic (exact) mass is 336 g/mol. The minimum Gasteiger partial charge on any atom is -0.351 e. The van der Waals surface area contributed by atoms with Crippen molar-refractivity contribution in [3.8, 4) is 0 Å². The zero-order chi connectivity index (χ0) is 16.5. The van der Waals surface area contributed by atoms with E-state index in [9.17, 15) is 26.4 Å². The molecule has 0 aromatic heterocycles. The second kappa shape index (κ2) is 6.25. The third-order valence-electron chi connectivity index (χ3n) is 3.28. The van der Waals surface area contributed by atoms with E-state index in [0.717, 1.165) is 25.2 Å². The van der Waals surface area contributed by atoms with E-state index >= 15 is 0 Å². The van der Waals surface area contributed by atoms with Crippen LogP contribution in [0.15, 0.2) is 12.1 Å². The number of nitrogens with zero attached hydrogens (tertiary/aromatic N) is 1. The van der Waals surface area contributed by atoms with E-state index < -0.39 is 38.9 Å². The van der Waals surface area contributed by atoms with E-state index in [0.29, 0.717) is 6.07 Å². The number of hydrogen-bond acceptors (Lipinski definition) is 3. The van der Waals surface area contributed by atoms with Crippen LogP contribution in [0.3, 0.4) is 0 Å². The summed E-state index contributed by atoms with van der Waals surface area (Å²) >= 11 is 0. The van der Waals surface area contributed by atoms with Crippen LogP contribution in [0.2, 0.25) is 0 Å². The lowest BCUT2D eigenvalue weighted by molar-refractivity contribution is 0.0946. The minimum absolute atomic E-state index is 0.0422. The molecule has 0 bridgehead atoms. The standard InChI is InChI=1S/C13H15F3N2O3S/c1-22(20,21)18(8-2-3-8)7-6-17-13(19)9-4-5-10(14)12(16)11(9)15/h4-5,8H,2-3,6-7H2,1H3,(H,17,19). The number of benzene rings is 1. The molecule has 1 amide bonds. The first kappa shape index (κ1) is 16.8. The van der Waals surface area contributed by atoms with Crippen LogP contribution in [0.25, 0.3) is 0 Å². The van der Waals surface area contributed by atoms with Crippen LogP contribution in [0.5, 0.6) is 0 Å².